The fourth-order valence-corrected chi connectivity index (χ4v) is 3.89. The molecule has 0 aliphatic carbocycles. The van der Waals surface area contributed by atoms with Gasteiger partial charge in [-0.2, -0.15) is 0 Å². The van der Waals surface area contributed by atoms with Gasteiger partial charge in [-0.3, -0.25) is 4.98 Å². The molecule has 0 amide bonds. The fourth-order valence-electron chi connectivity index (χ4n) is 3.89. The summed E-state index contributed by atoms with van der Waals surface area (Å²) in [7, 11) is 0. The van der Waals surface area contributed by atoms with Crippen LogP contribution in [0.5, 0.6) is 0 Å². The standard InChI is InChI=1S/C24H26N2/c1-18-10-11-20(23-9-5-4-8-22(18)23)12-13-21-16-24(19(2)17-25-21)26-14-6-3-7-15-26/h4-5,8-13,16-17H,3,6-7,14-15H2,1-2H3. The number of hydrogen-bond acceptors (Lipinski definition) is 2. The average Bonchev–Trinajstić information content (AvgIpc) is 2.69. The van der Waals surface area contributed by atoms with Crippen molar-refractivity contribution in [2.24, 2.45) is 0 Å². The van der Waals surface area contributed by atoms with Crippen molar-refractivity contribution in [1.82, 2.24) is 4.98 Å². The summed E-state index contributed by atoms with van der Waals surface area (Å²) in [6.07, 6.45) is 10.3. The van der Waals surface area contributed by atoms with E-state index in [2.05, 4.69) is 78.3 Å². The van der Waals surface area contributed by atoms with Gasteiger partial charge in [0.05, 0.1) is 5.69 Å². The third-order valence-electron chi connectivity index (χ3n) is 5.40. The first kappa shape index (κ1) is 16.8. The van der Waals surface area contributed by atoms with Crippen molar-refractivity contribution < 1.29 is 0 Å². The second kappa shape index (κ2) is 7.33. The molecule has 2 heteroatoms. The Labute approximate surface area is 156 Å². The van der Waals surface area contributed by atoms with Crippen LogP contribution in [0.4, 0.5) is 5.69 Å². The predicted octanol–water partition coefficient (Wildman–Crippen LogP) is 6.01. The van der Waals surface area contributed by atoms with Crippen LogP contribution in [0.25, 0.3) is 22.9 Å². The zero-order valence-corrected chi connectivity index (χ0v) is 15.7. The molecule has 2 aromatic carbocycles. The van der Waals surface area contributed by atoms with Crippen LogP contribution < -0.4 is 4.90 Å². The molecule has 0 N–H and O–H groups in total. The van der Waals surface area contributed by atoms with Gasteiger partial charge in [0.1, 0.15) is 0 Å². The number of anilines is 1. The third kappa shape index (κ3) is 3.37. The van der Waals surface area contributed by atoms with Crippen LogP contribution in [0.2, 0.25) is 0 Å². The number of piperidine rings is 1. The molecule has 1 aliphatic rings. The van der Waals surface area contributed by atoms with Crippen LogP contribution in [-0.2, 0) is 0 Å². The van der Waals surface area contributed by atoms with Gasteiger partial charge >= 0.3 is 0 Å². The minimum atomic E-state index is 1.03. The van der Waals surface area contributed by atoms with E-state index >= 15 is 0 Å². The maximum absolute atomic E-state index is 4.63. The number of benzene rings is 2. The molecule has 3 aromatic rings. The zero-order valence-electron chi connectivity index (χ0n) is 15.7. The number of aromatic nitrogens is 1. The molecular formula is C24H26N2. The normalized spacial score (nSPS) is 15.1. The van der Waals surface area contributed by atoms with Crippen molar-refractivity contribution >= 4 is 28.6 Å². The molecule has 26 heavy (non-hydrogen) atoms. The third-order valence-corrected chi connectivity index (χ3v) is 5.40. The van der Waals surface area contributed by atoms with E-state index in [0.29, 0.717) is 0 Å². The van der Waals surface area contributed by atoms with Crippen LogP contribution in [0.15, 0.2) is 48.7 Å². The highest BCUT2D eigenvalue weighted by molar-refractivity contribution is 5.94. The van der Waals surface area contributed by atoms with Crippen molar-refractivity contribution in [3.63, 3.8) is 0 Å². The minimum Gasteiger partial charge on any atom is -0.371 e. The molecule has 132 valence electrons. The highest BCUT2D eigenvalue weighted by Crippen LogP contribution is 2.26. The molecule has 4 rings (SSSR count). The lowest BCUT2D eigenvalue weighted by Gasteiger charge is -2.30. The second-order valence-electron chi connectivity index (χ2n) is 7.29. The number of nitrogens with zero attached hydrogens (tertiary/aromatic N) is 2. The summed E-state index contributed by atoms with van der Waals surface area (Å²) >= 11 is 0. The predicted molar refractivity (Wildman–Crippen MR) is 113 cm³/mol. The number of hydrogen-bond donors (Lipinski definition) is 0. The second-order valence-corrected chi connectivity index (χ2v) is 7.29. The van der Waals surface area contributed by atoms with E-state index in [9.17, 15) is 0 Å². The molecule has 2 heterocycles. The van der Waals surface area contributed by atoms with E-state index in [4.69, 9.17) is 0 Å². The largest absolute Gasteiger partial charge is 0.371 e. The molecule has 0 saturated carbocycles. The summed E-state index contributed by atoms with van der Waals surface area (Å²) < 4.78 is 0. The fraction of sp³-hybridized carbons (Fsp3) is 0.292. The van der Waals surface area contributed by atoms with Gasteiger partial charge in [-0.05, 0) is 72.7 Å². The van der Waals surface area contributed by atoms with E-state index in [1.54, 1.807) is 0 Å². The van der Waals surface area contributed by atoms with Gasteiger partial charge in [0, 0.05) is 25.0 Å². The zero-order chi connectivity index (χ0) is 17.9. The Balaban J connectivity index is 1.66. The topological polar surface area (TPSA) is 16.1 Å². The average molecular weight is 342 g/mol. The lowest BCUT2D eigenvalue weighted by Crippen LogP contribution is -2.30. The Morgan fingerprint density at radius 3 is 2.42 bits per heavy atom. The van der Waals surface area contributed by atoms with Gasteiger partial charge in [0.25, 0.3) is 0 Å². The van der Waals surface area contributed by atoms with Gasteiger partial charge in [-0.1, -0.05) is 42.5 Å². The summed E-state index contributed by atoms with van der Waals surface area (Å²) in [4.78, 5) is 7.15. The van der Waals surface area contributed by atoms with Crippen LogP contribution >= 0.6 is 0 Å². The van der Waals surface area contributed by atoms with E-state index in [0.717, 1.165) is 18.8 Å². The SMILES string of the molecule is Cc1cnc(C=Cc2ccc(C)c3ccccc23)cc1N1CCCCC1. The van der Waals surface area contributed by atoms with E-state index in [-0.39, 0.29) is 0 Å². The van der Waals surface area contributed by atoms with Gasteiger partial charge in [-0.25, -0.2) is 0 Å². The van der Waals surface area contributed by atoms with E-state index < -0.39 is 0 Å². The van der Waals surface area contributed by atoms with Crippen molar-refractivity contribution in [1.29, 1.82) is 0 Å². The van der Waals surface area contributed by atoms with Crippen LogP contribution in [0.3, 0.4) is 0 Å². The monoisotopic (exact) mass is 342 g/mol. The molecule has 0 spiro atoms. The molecular weight excluding hydrogens is 316 g/mol. The summed E-state index contributed by atoms with van der Waals surface area (Å²) in [5.74, 6) is 0. The molecule has 0 atom stereocenters. The number of rotatable bonds is 3. The molecule has 1 saturated heterocycles. The smallest absolute Gasteiger partial charge is 0.0650 e. The first-order valence-electron chi connectivity index (χ1n) is 9.60. The van der Waals surface area contributed by atoms with E-state index in [1.165, 1.54) is 52.4 Å². The Morgan fingerprint density at radius 1 is 0.846 bits per heavy atom. The van der Waals surface area contributed by atoms with Crippen molar-refractivity contribution in [3.8, 4) is 0 Å². The minimum absolute atomic E-state index is 1.03. The molecule has 0 unspecified atom stereocenters. The highest BCUT2D eigenvalue weighted by atomic mass is 15.1. The Bertz CT molecular complexity index is 950. The Hall–Kier alpha value is -2.61. The quantitative estimate of drug-likeness (QED) is 0.579. The Kier molecular flexibility index (Phi) is 4.75. The molecule has 1 fully saturated rings. The maximum Gasteiger partial charge on any atom is 0.0650 e. The first-order chi connectivity index (χ1) is 12.7. The van der Waals surface area contributed by atoms with Crippen molar-refractivity contribution in [3.05, 3.63) is 71.0 Å². The lowest BCUT2D eigenvalue weighted by molar-refractivity contribution is 0.577. The molecule has 1 aromatic heterocycles. The van der Waals surface area contributed by atoms with Gasteiger partial charge in [0.15, 0.2) is 0 Å². The maximum atomic E-state index is 4.63. The number of fused-ring (bicyclic) bond motifs is 1. The summed E-state index contributed by atoms with van der Waals surface area (Å²) in [6.45, 7) is 6.66. The van der Waals surface area contributed by atoms with Gasteiger partial charge in [0.2, 0.25) is 0 Å². The highest BCUT2D eigenvalue weighted by Gasteiger charge is 2.13. The Morgan fingerprint density at radius 2 is 1.62 bits per heavy atom. The molecule has 2 nitrogen and oxygen atoms in total. The molecule has 1 aliphatic heterocycles. The summed E-state index contributed by atoms with van der Waals surface area (Å²) in [5.41, 5.74) is 6.20. The van der Waals surface area contributed by atoms with Gasteiger partial charge < -0.3 is 4.90 Å². The van der Waals surface area contributed by atoms with Crippen LogP contribution in [0, 0.1) is 13.8 Å². The van der Waals surface area contributed by atoms with Crippen LogP contribution in [-0.4, -0.2) is 18.1 Å². The molecule has 0 bridgehead atoms. The number of pyridine rings is 1. The van der Waals surface area contributed by atoms with Crippen molar-refractivity contribution in [2.75, 3.05) is 18.0 Å². The molecule has 0 radical (unpaired) electrons. The summed E-state index contributed by atoms with van der Waals surface area (Å²) in [5, 5.41) is 2.62. The van der Waals surface area contributed by atoms with Crippen molar-refractivity contribution in [2.45, 2.75) is 33.1 Å². The van der Waals surface area contributed by atoms with Gasteiger partial charge in [-0.15, -0.1) is 0 Å². The number of aryl methyl sites for hydroxylation is 2. The lowest BCUT2D eigenvalue weighted by atomic mass is 10.00. The van der Waals surface area contributed by atoms with Crippen LogP contribution in [0.1, 0.15) is 41.6 Å². The van der Waals surface area contributed by atoms with E-state index in [1.807, 2.05) is 6.20 Å². The first-order valence-corrected chi connectivity index (χ1v) is 9.60. The summed E-state index contributed by atoms with van der Waals surface area (Å²) in [6, 6.07) is 15.3.